The van der Waals surface area contributed by atoms with E-state index in [4.69, 9.17) is 0 Å². The van der Waals surface area contributed by atoms with Gasteiger partial charge >= 0.3 is 0 Å². The van der Waals surface area contributed by atoms with Crippen LogP contribution in [-0.2, 0) is 0 Å². The highest BCUT2D eigenvalue weighted by Gasteiger charge is 2.06. The maximum Gasteiger partial charge on any atom is -0.00483 e. The van der Waals surface area contributed by atoms with Crippen LogP contribution < -0.4 is 0 Å². The van der Waals surface area contributed by atoms with Crippen molar-refractivity contribution in [1.82, 2.24) is 0 Å². The predicted molar refractivity (Wildman–Crippen MR) is 73.6 cm³/mol. The van der Waals surface area contributed by atoms with Crippen LogP contribution in [0.25, 0.3) is 0 Å². The normalized spacial score (nSPS) is 13.7. The molecule has 0 spiro atoms. The minimum Gasteiger partial charge on any atom is -0.306 e. The van der Waals surface area contributed by atoms with Crippen LogP contribution in [0.15, 0.2) is 11.0 Å². The number of hydrogen-bond acceptors (Lipinski definition) is 0. The molecule has 0 aliphatic heterocycles. The Bertz CT molecular complexity index is 174. The Kier molecular flexibility index (Phi) is 6.89. The molecule has 89 valence electrons. The highest BCUT2D eigenvalue weighted by molar-refractivity contribution is 6.64. The van der Waals surface area contributed by atoms with Crippen molar-refractivity contribution in [3.8, 4) is 0 Å². The van der Waals surface area contributed by atoms with Crippen molar-refractivity contribution >= 4 is 14.1 Å². The van der Waals surface area contributed by atoms with Crippen molar-refractivity contribution in [3.05, 3.63) is 11.0 Å². The molecule has 0 saturated heterocycles. The molecule has 0 amide bonds. The number of allylic oxidation sites excluding steroid dienone is 1. The van der Waals surface area contributed by atoms with Crippen molar-refractivity contribution in [2.45, 2.75) is 59.0 Å². The Balaban J connectivity index is 4.30. The molecule has 0 unspecified atom stereocenters. The molecule has 0 aliphatic carbocycles. The fourth-order valence-corrected chi connectivity index (χ4v) is 5.67. The van der Waals surface area contributed by atoms with E-state index in [1.165, 1.54) is 10.6 Å². The Labute approximate surface area is 102 Å². The average molecular weight is 224 g/mol. The van der Waals surface area contributed by atoms with E-state index >= 15 is 0 Å². The van der Waals surface area contributed by atoms with Crippen molar-refractivity contribution < 1.29 is 0 Å². The highest BCUT2D eigenvalue weighted by Crippen LogP contribution is 2.19. The van der Waals surface area contributed by atoms with Gasteiger partial charge in [-0.05, 0) is 19.6 Å². The molecule has 15 heavy (non-hydrogen) atoms. The van der Waals surface area contributed by atoms with Crippen LogP contribution >= 0.6 is 0 Å². The minimum atomic E-state index is -0.630. The zero-order chi connectivity index (χ0) is 12.1. The molecule has 1 radical (unpaired) electrons. The Morgan fingerprint density at radius 1 is 0.933 bits per heavy atom. The van der Waals surface area contributed by atoms with E-state index in [9.17, 15) is 0 Å². The van der Waals surface area contributed by atoms with Crippen molar-refractivity contribution in [1.29, 1.82) is 0 Å². The van der Waals surface area contributed by atoms with Gasteiger partial charge in [0.15, 0.2) is 0 Å². The molecular weight excluding hydrogens is 195 g/mol. The van der Waals surface area contributed by atoms with Gasteiger partial charge in [0, 0.05) is 0 Å². The summed E-state index contributed by atoms with van der Waals surface area (Å²) >= 11 is -0.630. The van der Waals surface area contributed by atoms with Crippen LogP contribution in [0.2, 0.25) is 10.6 Å². The third kappa shape index (κ3) is 10.6. The van der Waals surface area contributed by atoms with Gasteiger partial charge in [-0.3, -0.25) is 0 Å². The van der Waals surface area contributed by atoms with Gasteiger partial charge in [-0.1, -0.05) is 60.3 Å². The van der Waals surface area contributed by atoms with Gasteiger partial charge in [-0.2, -0.15) is 0 Å². The lowest BCUT2D eigenvalue weighted by molar-refractivity contribution is 0.544. The maximum atomic E-state index is 2.58. The summed E-state index contributed by atoms with van der Waals surface area (Å²) in [7, 11) is 0. The van der Waals surface area contributed by atoms with Gasteiger partial charge < -0.3 is 4.94 Å². The van der Waals surface area contributed by atoms with Crippen molar-refractivity contribution in [3.63, 3.8) is 0 Å². The van der Waals surface area contributed by atoms with Gasteiger partial charge in [-0.15, -0.1) is 6.08 Å². The lowest BCUT2D eigenvalue weighted by atomic mass is 9.98. The molecule has 1 heteroatoms. The monoisotopic (exact) mass is 224 g/mol. The van der Waals surface area contributed by atoms with Gasteiger partial charge in [-0.25, -0.2) is 10.6 Å². The highest BCUT2D eigenvalue weighted by atomic mass is 27.2. The average Bonchev–Trinajstić information content (AvgIpc) is 1.96. The smallest absolute Gasteiger partial charge is 0.00483 e. The van der Waals surface area contributed by atoms with E-state index in [2.05, 4.69) is 59.5 Å². The molecule has 0 fully saturated rings. The number of hydrogen-bond donors (Lipinski definition) is 0. The molecule has 0 nitrogen and oxygen atoms in total. The molecule has 0 aromatic rings. The van der Waals surface area contributed by atoms with Crippen LogP contribution in [0.5, 0.6) is 0 Å². The minimum absolute atomic E-state index is 0.360. The van der Waals surface area contributed by atoms with Gasteiger partial charge in [0.05, 0.1) is 0 Å². The first kappa shape index (κ1) is 15.3. The largest absolute Gasteiger partial charge is 0.306 e. The predicted octanol–water partition coefficient (Wildman–Crippen LogP) is 4.93. The Hall–Kier alpha value is 0.272. The SMILES string of the molecule is CC(C)[CH2][Al-](/[CH]=C/C(C)(C)C)[CH2]C(C)C. The van der Waals surface area contributed by atoms with Crippen LogP contribution in [0.1, 0.15) is 48.5 Å². The topological polar surface area (TPSA) is 0 Å². The van der Waals surface area contributed by atoms with E-state index in [-0.39, 0.29) is 0 Å². The third-order valence-electron chi connectivity index (χ3n) is 2.42. The molecule has 0 atom stereocenters. The molecule has 0 heterocycles. The van der Waals surface area contributed by atoms with E-state index in [0.717, 1.165) is 11.8 Å². The first-order chi connectivity index (χ1) is 6.70. The first-order valence-electron chi connectivity index (χ1n) is 6.40. The van der Waals surface area contributed by atoms with E-state index in [1.54, 1.807) is 0 Å². The summed E-state index contributed by atoms with van der Waals surface area (Å²) in [6.07, 6.45) is 2.44. The molecular formula is C14H29Al-. The zero-order valence-corrected chi connectivity index (χ0v) is 13.0. The standard InChI is InChI=1S/C6H11.2C4H9.Al/c1-5-6(2,3)4;2*1-4(2)3;/h1,5H,2-4H3;2*4H,1H2,2-3H3;/q;;;-1. The molecule has 0 aromatic carbocycles. The second-order valence-electron chi connectivity index (χ2n) is 6.74. The lowest BCUT2D eigenvalue weighted by Crippen LogP contribution is -2.16. The van der Waals surface area contributed by atoms with Crippen LogP contribution in [0, 0.1) is 17.3 Å². The molecule has 0 N–H and O–H groups in total. The van der Waals surface area contributed by atoms with Crippen LogP contribution in [-0.4, -0.2) is 14.1 Å². The molecule has 0 bridgehead atoms. The summed E-state index contributed by atoms with van der Waals surface area (Å²) in [6.45, 7) is 16.3. The summed E-state index contributed by atoms with van der Waals surface area (Å²) in [5.74, 6) is 1.73. The first-order valence-corrected chi connectivity index (χ1v) is 8.70. The maximum absolute atomic E-state index is 2.58. The van der Waals surface area contributed by atoms with Crippen LogP contribution in [0.3, 0.4) is 0 Å². The Morgan fingerprint density at radius 2 is 1.33 bits per heavy atom. The fraction of sp³-hybridized carbons (Fsp3) is 0.857. The van der Waals surface area contributed by atoms with Gasteiger partial charge in [0.2, 0.25) is 0 Å². The zero-order valence-electron chi connectivity index (χ0n) is 11.8. The summed E-state index contributed by atoms with van der Waals surface area (Å²) < 4.78 is 0. The van der Waals surface area contributed by atoms with Crippen LogP contribution in [0.4, 0.5) is 0 Å². The second kappa shape index (κ2) is 6.77. The van der Waals surface area contributed by atoms with E-state index in [1.807, 2.05) is 0 Å². The Morgan fingerprint density at radius 3 is 1.60 bits per heavy atom. The van der Waals surface area contributed by atoms with Crippen molar-refractivity contribution in [2.24, 2.45) is 17.3 Å². The molecule has 0 saturated carbocycles. The summed E-state index contributed by atoms with van der Waals surface area (Å²) in [5, 5.41) is 2.93. The quantitative estimate of drug-likeness (QED) is 0.580. The second-order valence-corrected chi connectivity index (χ2v) is 9.59. The van der Waals surface area contributed by atoms with Gasteiger partial charge in [0.1, 0.15) is 0 Å². The lowest BCUT2D eigenvalue weighted by Gasteiger charge is -2.27. The van der Waals surface area contributed by atoms with Crippen molar-refractivity contribution in [2.75, 3.05) is 0 Å². The summed E-state index contributed by atoms with van der Waals surface area (Å²) in [4.78, 5) is 2.58. The molecule has 0 aliphatic rings. The third-order valence-corrected chi connectivity index (χ3v) is 6.25. The molecule has 0 aromatic heterocycles. The van der Waals surface area contributed by atoms with E-state index in [0.29, 0.717) is 5.41 Å². The molecule has 0 rings (SSSR count). The van der Waals surface area contributed by atoms with Gasteiger partial charge in [0.25, 0.3) is 0 Å². The fourth-order valence-electron chi connectivity index (χ4n) is 1.89. The number of rotatable bonds is 5. The summed E-state index contributed by atoms with van der Waals surface area (Å²) in [5.41, 5.74) is 0.360. The van der Waals surface area contributed by atoms with E-state index < -0.39 is 14.1 Å². The summed E-state index contributed by atoms with van der Waals surface area (Å²) in [6, 6.07) is 0.